The Morgan fingerprint density at radius 1 is 1.06 bits per heavy atom. The smallest absolute Gasteiger partial charge is 0.211 e. The van der Waals surface area contributed by atoms with Crippen molar-refractivity contribution in [1.29, 1.82) is 0 Å². The van der Waals surface area contributed by atoms with Gasteiger partial charge < -0.3 is 9.80 Å². The Balaban J connectivity index is 1.08. The Bertz CT molecular complexity index is 1030. The molecule has 3 aliphatic rings. The Morgan fingerprint density at radius 3 is 2.50 bits per heavy atom. The molecular weight excluding hydrogens is 422 g/mol. The summed E-state index contributed by atoms with van der Waals surface area (Å²) in [4.78, 5) is 14.1. The molecule has 0 amide bonds. The van der Waals surface area contributed by atoms with E-state index >= 15 is 0 Å². The van der Waals surface area contributed by atoms with Gasteiger partial charge in [-0.3, -0.25) is 0 Å². The Kier molecular flexibility index (Phi) is 6.11. The number of hydrogen-bond donors (Lipinski definition) is 1. The summed E-state index contributed by atoms with van der Waals surface area (Å²) in [6, 6.07) is 8.42. The second-order valence-electron chi connectivity index (χ2n) is 10.1. The van der Waals surface area contributed by atoms with Crippen LogP contribution in [0.2, 0.25) is 0 Å². The summed E-state index contributed by atoms with van der Waals surface area (Å²) in [5.74, 6) is 1.96. The summed E-state index contributed by atoms with van der Waals surface area (Å²) in [7, 11) is -3.08. The highest BCUT2D eigenvalue weighted by molar-refractivity contribution is 7.89. The molecule has 7 nitrogen and oxygen atoms in total. The first-order chi connectivity index (χ1) is 15.5. The summed E-state index contributed by atoms with van der Waals surface area (Å²) < 4.78 is 26.5. The van der Waals surface area contributed by atoms with Crippen LogP contribution in [0, 0.1) is 11.3 Å². The molecule has 0 atom stereocenters. The van der Waals surface area contributed by atoms with Gasteiger partial charge in [-0.05, 0) is 76.6 Å². The second kappa shape index (κ2) is 8.88. The molecule has 0 radical (unpaired) electrons. The van der Waals surface area contributed by atoms with Crippen LogP contribution < -0.4 is 9.62 Å². The molecular formula is C24H35N5O2S. The molecule has 2 saturated heterocycles. The lowest BCUT2D eigenvalue weighted by atomic mass is 9.71. The van der Waals surface area contributed by atoms with Crippen molar-refractivity contribution in [3.8, 4) is 0 Å². The quantitative estimate of drug-likeness (QED) is 0.718. The molecule has 2 aliphatic heterocycles. The summed E-state index contributed by atoms with van der Waals surface area (Å²) >= 11 is 0. The Hall–Kier alpha value is -1.77. The lowest BCUT2D eigenvalue weighted by Crippen LogP contribution is -2.61. The third-order valence-corrected chi connectivity index (χ3v) is 9.33. The molecule has 174 valence electrons. The minimum atomic E-state index is -3.08. The van der Waals surface area contributed by atoms with Crippen molar-refractivity contribution < 1.29 is 8.42 Å². The van der Waals surface area contributed by atoms with Crippen molar-refractivity contribution in [2.24, 2.45) is 11.3 Å². The SMILES string of the molecule is CCS(=O)(=O)NC1CCC(CN2CCC3(CC2)CN(c2ncnc4ccccc24)C3)CC1. The average Bonchev–Trinajstić information content (AvgIpc) is 2.79. The standard InChI is InChI=1S/C24H35N5O2S/c1-2-32(30,31)27-20-9-7-19(8-10-20)15-28-13-11-24(12-14-28)16-29(17-24)23-21-5-3-4-6-22(21)25-18-26-23/h3-6,18-20,27H,2,7-17H2,1H3. The van der Waals surface area contributed by atoms with Crippen molar-refractivity contribution in [2.45, 2.75) is 51.5 Å². The number of para-hydroxylation sites is 1. The van der Waals surface area contributed by atoms with Crippen LogP contribution in [-0.4, -0.2) is 67.8 Å². The van der Waals surface area contributed by atoms with Gasteiger partial charge in [-0.25, -0.2) is 23.1 Å². The third kappa shape index (κ3) is 4.63. The summed E-state index contributed by atoms with van der Waals surface area (Å²) in [6.07, 6.45) is 8.43. The molecule has 5 rings (SSSR count). The van der Waals surface area contributed by atoms with Gasteiger partial charge in [-0.1, -0.05) is 12.1 Å². The van der Waals surface area contributed by atoms with Gasteiger partial charge in [0.05, 0.1) is 11.3 Å². The van der Waals surface area contributed by atoms with Crippen LogP contribution in [0.3, 0.4) is 0 Å². The van der Waals surface area contributed by atoms with Crippen molar-refractivity contribution in [3.05, 3.63) is 30.6 Å². The van der Waals surface area contributed by atoms with E-state index in [1.807, 2.05) is 6.07 Å². The number of anilines is 1. The van der Waals surface area contributed by atoms with E-state index < -0.39 is 10.0 Å². The van der Waals surface area contributed by atoms with Gasteiger partial charge in [0.25, 0.3) is 0 Å². The molecule has 3 heterocycles. The fourth-order valence-corrected chi connectivity index (χ4v) is 6.76. The molecule has 1 aliphatic carbocycles. The van der Waals surface area contributed by atoms with E-state index in [-0.39, 0.29) is 11.8 Å². The number of benzene rings is 1. The van der Waals surface area contributed by atoms with Crippen LogP contribution in [0.25, 0.3) is 10.9 Å². The van der Waals surface area contributed by atoms with Gasteiger partial charge in [0, 0.05) is 36.5 Å². The first-order valence-corrected chi connectivity index (χ1v) is 13.8. The summed E-state index contributed by atoms with van der Waals surface area (Å²) in [5, 5.41) is 1.15. The van der Waals surface area contributed by atoms with Crippen LogP contribution >= 0.6 is 0 Å². The van der Waals surface area contributed by atoms with Gasteiger partial charge in [0.2, 0.25) is 10.0 Å². The zero-order valence-corrected chi connectivity index (χ0v) is 19.9. The molecule has 3 fully saturated rings. The Morgan fingerprint density at radius 2 is 1.78 bits per heavy atom. The fourth-order valence-electron chi connectivity index (χ4n) is 5.85. The molecule has 1 spiro atoms. The van der Waals surface area contributed by atoms with E-state index in [2.05, 4.69) is 42.7 Å². The van der Waals surface area contributed by atoms with Crippen LogP contribution in [0.15, 0.2) is 30.6 Å². The van der Waals surface area contributed by atoms with Gasteiger partial charge in [0.15, 0.2) is 0 Å². The van der Waals surface area contributed by atoms with Gasteiger partial charge in [-0.15, -0.1) is 0 Å². The molecule has 1 saturated carbocycles. The van der Waals surface area contributed by atoms with Crippen molar-refractivity contribution in [2.75, 3.05) is 43.4 Å². The maximum Gasteiger partial charge on any atom is 0.211 e. The molecule has 1 N–H and O–H groups in total. The number of nitrogens with zero attached hydrogens (tertiary/aromatic N) is 4. The predicted octanol–water partition coefficient (Wildman–Crippen LogP) is 3.03. The second-order valence-corrected chi connectivity index (χ2v) is 12.2. The molecule has 0 unspecified atom stereocenters. The van der Waals surface area contributed by atoms with E-state index in [1.54, 1.807) is 13.3 Å². The van der Waals surface area contributed by atoms with Gasteiger partial charge >= 0.3 is 0 Å². The van der Waals surface area contributed by atoms with Crippen molar-refractivity contribution in [3.63, 3.8) is 0 Å². The zero-order valence-electron chi connectivity index (χ0n) is 19.0. The van der Waals surface area contributed by atoms with Crippen LogP contribution in [0.1, 0.15) is 45.4 Å². The largest absolute Gasteiger partial charge is 0.355 e. The molecule has 1 aromatic carbocycles. The number of rotatable bonds is 6. The maximum absolute atomic E-state index is 11.8. The molecule has 1 aromatic heterocycles. The number of nitrogens with one attached hydrogen (secondary N) is 1. The van der Waals surface area contributed by atoms with Gasteiger partial charge in [0.1, 0.15) is 12.1 Å². The summed E-state index contributed by atoms with van der Waals surface area (Å²) in [6.45, 7) is 7.44. The first kappa shape index (κ1) is 22.0. The lowest BCUT2D eigenvalue weighted by Gasteiger charge is -2.55. The van der Waals surface area contributed by atoms with E-state index in [1.165, 1.54) is 32.5 Å². The molecule has 2 aromatic rings. The minimum Gasteiger partial charge on any atom is -0.355 e. The number of aromatic nitrogens is 2. The number of likely N-dealkylation sites (tertiary alicyclic amines) is 1. The highest BCUT2D eigenvalue weighted by Crippen LogP contribution is 2.43. The minimum absolute atomic E-state index is 0.139. The highest BCUT2D eigenvalue weighted by Gasteiger charge is 2.45. The van der Waals surface area contributed by atoms with Gasteiger partial charge in [-0.2, -0.15) is 0 Å². The van der Waals surface area contributed by atoms with Crippen molar-refractivity contribution in [1.82, 2.24) is 19.6 Å². The van der Waals surface area contributed by atoms with E-state index in [4.69, 9.17) is 0 Å². The lowest BCUT2D eigenvalue weighted by molar-refractivity contribution is 0.0621. The van der Waals surface area contributed by atoms with E-state index in [0.29, 0.717) is 11.3 Å². The van der Waals surface area contributed by atoms with E-state index in [0.717, 1.165) is 55.5 Å². The zero-order chi connectivity index (χ0) is 22.2. The molecule has 0 bridgehead atoms. The fraction of sp³-hybridized carbons (Fsp3) is 0.667. The molecule has 32 heavy (non-hydrogen) atoms. The third-order valence-electron chi connectivity index (χ3n) is 7.88. The van der Waals surface area contributed by atoms with E-state index in [9.17, 15) is 8.42 Å². The number of piperidine rings is 1. The van der Waals surface area contributed by atoms with Crippen LogP contribution in [-0.2, 0) is 10.0 Å². The number of sulfonamides is 1. The maximum atomic E-state index is 11.8. The van der Waals surface area contributed by atoms with Crippen molar-refractivity contribution >= 4 is 26.7 Å². The normalized spacial score (nSPS) is 26.3. The topological polar surface area (TPSA) is 78.4 Å². The number of hydrogen-bond acceptors (Lipinski definition) is 6. The molecule has 8 heteroatoms. The number of fused-ring (bicyclic) bond motifs is 1. The summed E-state index contributed by atoms with van der Waals surface area (Å²) in [5.41, 5.74) is 1.46. The van der Waals surface area contributed by atoms with Crippen LogP contribution in [0.4, 0.5) is 5.82 Å². The average molecular weight is 458 g/mol. The monoisotopic (exact) mass is 457 g/mol. The predicted molar refractivity (Wildman–Crippen MR) is 128 cm³/mol. The Labute approximate surface area is 191 Å². The first-order valence-electron chi connectivity index (χ1n) is 12.1. The highest BCUT2D eigenvalue weighted by atomic mass is 32.2. The van der Waals surface area contributed by atoms with Crippen LogP contribution in [0.5, 0.6) is 0 Å².